The topological polar surface area (TPSA) is 92.8 Å². The van der Waals surface area contributed by atoms with Crippen molar-refractivity contribution in [1.82, 2.24) is 4.72 Å². The molecule has 0 unspecified atom stereocenters. The predicted molar refractivity (Wildman–Crippen MR) is 80.2 cm³/mol. The summed E-state index contributed by atoms with van der Waals surface area (Å²) >= 11 is 0. The molecule has 1 aliphatic rings. The lowest BCUT2D eigenvalue weighted by atomic mass is 10.2. The Hall–Kier alpha value is -1.93. The number of sulfonamides is 1. The van der Waals surface area contributed by atoms with Crippen LogP contribution in [0, 0.1) is 0 Å². The van der Waals surface area contributed by atoms with Crippen LogP contribution in [0.25, 0.3) is 0 Å². The molecule has 7 nitrogen and oxygen atoms in total. The molecular weight excluding hydrogens is 308 g/mol. The van der Waals surface area contributed by atoms with Crippen LogP contribution in [0.4, 0.5) is 5.69 Å². The van der Waals surface area contributed by atoms with Gasteiger partial charge in [0.25, 0.3) is 0 Å². The van der Waals surface area contributed by atoms with E-state index in [0.29, 0.717) is 6.42 Å². The molecule has 1 heterocycles. The van der Waals surface area contributed by atoms with Gasteiger partial charge in [-0.3, -0.25) is 14.5 Å². The highest BCUT2D eigenvalue weighted by Gasteiger charge is 2.31. The highest BCUT2D eigenvalue weighted by molar-refractivity contribution is 7.89. The van der Waals surface area contributed by atoms with Gasteiger partial charge in [0.2, 0.25) is 21.8 Å². The molecule has 22 heavy (non-hydrogen) atoms. The van der Waals surface area contributed by atoms with Crippen LogP contribution in [0.3, 0.4) is 0 Å². The molecule has 0 aromatic heterocycles. The summed E-state index contributed by atoms with van der Waals surface area (Å²) in [4.78, 5) is 24.5. The van der Waals surface area contributed by atoms with Gasteiger partial charge in [-0.25, -0.2) is 13.1 Å². The van der Waals surface area contributed by atoms with Crippen LogP contribution in [-0.2, 0) is 19.6 Å². The predicted octanol–water partition coefficient (Wildman–Crippen LogP) is 1.04. The van der Waals surface area contributed by atoms with Crippen molar-refractivity contribution in [3.05, 3.63) is 18.2 Å². The molecule has 1 aromatic carbocycles. The second kappa shape index (κ2) is 6.45. The van der Waals surface area contributed by atoms with Gasteiger partial charge in [-0.05, 0) is 24.6 Å². The van der Waals surface area contributed by atoms with Crippen LogP contribution in [0.1, 0.15) is 26.2 Å². The van der Waals surface area contributed by atoms with Crippen LogP contribution in [0.2, 0.25) is 0 Å². The van der Waals surface area contributed by atoms with E-state index in [1.54, 1.807) is 0 Å². The summed E-state index contributed by atoms with van der Waals surface area (Å²) in [7, 11) is -2.42. The molecule has 0 spiro atoms. The number of anilines is 1. The van der Waals surface area contributed by atoms with Gasteiger partial charge in [-0.2, -0.15) is 0 Å². The first-order chi connectivity index (χ1) is 10.4. The van der Waals surface area contributed by atoms with Crippen LogP contribution in [0.15, 0.2) is 23.1 Å². The molecule has 8 heteroatoms. The summed E-state index contributed by atoms with van der Waals surface area (Å²) in [5.41, 5.74) is 0.241. The van der Waals surface area contributed by atoms with Gasteiger partial charge in [0.05, 0.1) is 12.8 Å². The quantitative estimate of drug-likeness (QED) is 0.788. The first-order valence-corrected chi connectivity index (χ1v) is 8.42. The van der Waals surface area contributed by atoms with Crippen molar-refractivity contribution in [3.8, 4) is 5.75 Å². The minimum Gasteiger partial charge on any atom is -0.495 e. The Bertz CT molecular complexity index is 683. The molecule has 0 atom stereocenters. The SMILES string of the molecule is CCCNS(=O)(=O)c1cc(N2C(=O)CCC2=O)ccc1OC. The number of carbonyl (C=O) groups excluding carboxylic acids is 2. The second-order valence-corrected chi connectivity index (χ2v) is 6.59. The molecule has 120 valence electrons. The number of amides is 2. The average molecular weight is 326 g/mol. The highest BCUT2D eigenvalue weighted by Crippen LogP contribution is 2.31. The van der Waals surface area contributed by atoms with Crippen LogP contribution in [-0.4, -0.2) is 33.9 Å². The number of rotatable bonds is 6. The monoisotopic (exact) mass is 326 g/mol. The van der Waals surface area contributed by atoms with Crippen molar-refractivity contribution in [3.63, 3.8) is 0 Å². The van der Waals surface area contributed by atoms with E-state index in [9.17, 15) is 18.0 Å². The zero-order valence-electron chi connectivity index (χ0n) is 12.5. The fraction of sp³-hybridized carbons (Fsp3) is 0.429. The third-order valence-electron chi connectivity index (χ3n) is 3.29. The van der Waals surface area contributed by atoms with Crippen LogP contribution < -0.4 is 14.4 Å². The summed E-state index contributed by atoms with van der Waals surface area (Å²) in [6.45, 7) is 2.13. The van der Waals surface area contributed by atoms with Crippen LogP contribution >= 0.6 is 0 Å². The van der Waals surface area contributed by atoms with E-state index >= 15 is 0 Å². The molecular formula is C14H18N2O5S. The Morgan fingerprint density at radius 2 is 1.86 bits per heavy atom. The lowest BCUT2D eigenvalue weighted by Gasteiger charge is -2.17. The van der Waals surface area contributed by atoms with Gasteiger partial charge in [-0.1, -0.05) is 6.92 Å². The fourth-order valence-electron chi connectivity index (χ4n) is 2.19. The third kappa shape index (κ3) is 3.12. The van der Waals surface area contributed by atoms with Gasteiger partial charge >= 0.3 is 0 Å². The number of imide groups is 1. The van der Waals surface area contributed by atoms with E-state index < -0.39 is 10.0 Å². The van der Waals surface area contributed by atoms with E-state index in [1.807, 2.05) is 6.92 Å². The number of hydrogen-bond donors (Lipinski definition) is 1. The molecule has 0 saturated carbocycles. The summed E-state index contributed by atoms with van der Waals surface area (Å²) in [6, 6.07) is 4.23. The molecule has 2 rings (SSSR count). The molecule has 0 radical (unpaired) electrons. The smallest absolute Gasteiger partial charge is 0.244 e. The van der Waals surface area contributed by atoms with E-state index in [2.05, 4.69) is 4.72 Å². The molecule has 2 amide bonds. The normalized spacial score (nSPS) is 15.5. The number of hydrogen-bond acceptors (Lipinski definition) is 5. The standard InChI is InChI=1S/C14H18N2O5S/c1-3-8-15-22(19,20)12-9-10(4-5-11(12)21-2)16-13(17)6-7-14(16)18/h4-5,9,15H,3,6-8H2,1-2H3. The maximum absolute atomic E-state index is 12.3. The Morgan fingerprint density at radius 3 is 2.41 bits per heavy atom. The first-order valence-electron chi connectivity index (χ1n) is 6.94. The van der Waals surface area contributed by atoms with Crippen molar-refractivity contribution in [1.29, 1.82) is 0 Å². The zero-order valence-corrected chi connectivity index (χ0v) is 13.3. The third-order valence-corrected chi connectivity index (χ3v) is 4.77. The van der Waals surface area contributed by atoms with Gasteiger partial charge in [-0.15, -0.1) is 0 Å². The maximum atomic E-state index is 12.3. The number of ether oxygens (including phenoxy) is 1. The van der Waals surface area contributed by atoms with Gasteiger partial charge in [0.1, 0.15) is 10.6 Å². The molecule has 1 aliphatic heterocycles. The molecule has 1 fully saturated rings. The molecule has 0 bridgehead atoms. The number of methoxy groups -OCH3 is 1. The van der Waals surface area contributed by atoms with Gasteiger partial charge < -0.3 is 4.74 Å². The van der Waals surface area contributed by atoms with Crippen molar-refractivity contribution in [2.75, 3.05) is 18.6 Å². The number of nitrogens with one attached hydrogen (secondary N) is 1. The molecule has 1 aromatic rings. The van der Waals surface area contributed by atoms with E-state index in [1.165, 1.54) is 25.3 Å². The summed E-state index contributed by atoms with van der Waals surface area (Å²) in [5.74, 6) is -0.508. The van der Waals surface area contributed by atoms with E-state index in [4.69, 9.17) is 4.74 Å². The summed E-state index contributed by atoms with van der Waals surface area (Å²) < 4.78 is 32.2. The van der Waals surface area contributed by atoms with Crippen molar-refractivity contribution in [2.45, 2.75) is 31.1 Å². The average Bonchev–Trinajstić information content (AvgIpc) is 2.83. The Morgan fingerprint density at radius 1 is 1.23 bits per heavy atom. The summed E-state index contributed by atoms with van der Waals surface area (Å²) in [6.07, 6.45) is 0.923. The molecule has 1 N–H and O–H groups in total. The van der Waals surface area contributed by atoms with Crippen molar-refractivity contribution in [2.24, 2.45) is 0 Å². The fourth-order valence-corrected chi connectivity index (χ4v) is 3.51. The van der Waals surface area contributed by atoms with E-state index in [-0.39, 0.29) is 47.5 Å². The highest BCUT2D eigenvalue weighted by atomic mass is 32.2. The Balaban J connectivity index is 2.47. The number of carbonyl (C=O) groups is 2. The van der Waals surface area contributed by atoms with Crippen molar-refractivity contribution < 1.29 is 22.7 Å². The van der Waals surface area contributed by atoms with E-state index in [0.717, 1.165) is 4.90 Å². The number of benzene rings is 1. The van der Waals surface area contributed by atoms with Crippen molar-refractivity contribution >= 4 is 27.5 Å². The zero-order chi connectivity index (χ0) is 16.3. The first kappa shape index (κ1) is 16.4. The maximum Gasteiger partial charge on any atom is 0.244 e. The molecule has 1 saturated heterocycles. The number of nitrogens with zero attached hydrogens (tertiary/aromatic N) is 1. The second-order valence-electron chi connectivity index (χ2n) is 4.86. The summed E-state index contributed by atoms with van der Waals surface area (Å²) in [5, 5.41) is 0. The van der Waals surface area contributed by atoms with Gasteiger partial charge in [0, 0.05) is 19.4 Å². The Labute approximate surface area is 129 Å². The minimum atomic E-state index is -3.78. The van der Waals surface area contributed by atoms with Gasteiger partial charge in [0.15, 0.2) is 0 Å². The largest absolute Gasteiger partial charge is 0.495 e. The van der Waals surface area contributed by atoms with Crippen LogP contribution in [0.5, 0.6) is 5.75 Å². The lowest BCUT2D eigenvalue weighted by Crippen LogP contribution is -2.29. The molecule has 0 aliphatic carbocycles. The Kier molecular flexibility index (Phi) is 4.82. The minimum absolute atomic E-state index is 0.0894. The lowest BCUT2D eigenvalue weighted by molar-refractivity contribution is -0.121.